The van der Waals surface area contributed by atoms with Crippen molar-refractivity contribution < 1.29 is 24.8 Å². The second-order valence-electron chi connectivity index (χ2n) is 8.48. The number of phenols is 4. The molecule has 33 heavy (non-hydrogen) atoms. The lowest BCUT2D eigenvalue weighted by Crippen LogP contribution is -2.06. The summed E-state index contributed by atoms with van der Waals surface area (Å²) in [7, 11) is 0. The fraction of sp³-hybridized carbons (Fsp3) is 0.222. The van der Waals surface area contributed by atoms with Crippen LogP contribution in [0.5, 0.6) is 23.0 Å². The standard InChI is InChI=1S/C27H28O6/c1-14(2)6-8-16(5)9-11-18-23-21(13-20(29)25(18)30)33-22-12-19(28)17(10-7-15(3)4)26(31)24(22)27(23)32/h6-7,9-10,12-13,28-31H,3,8,11H2,1-2,4-5H3/b10-7+,16-9+. The van der Waals surface area contributed by atoms with Crippen molar-refractivity contribution in [3.63, 3.8) is 0 Å². The molecule has 3 rings (SSSR count). The lowest BCUT2D eigenvalue weighted by Gasteiger charge is -2.12. The van der Waals surface area contributed by atoms with Gasteiger partial charge in [0.15, 0.2) is 11.5 Å². The van der Waals surface area contributed by atoms with Gasteiger partial charge in [-0.1, -0.05) is 41.5 Å². The van der Waals surface area contributed by atoms with Crippen LogP contribution in [0.25, 0.3) is 28.0 Å². The molecule has 6 nitrogen and oxygen atoms in total. The molecular formula is C27H28O6. The predicted octanol–water partition coefficient (Wildman–Crippen LogP) is 6.20. The number of phenolic OH excluding ortho intramolecular Hbond substituents is 4. The van der Waals surface area contributed by atoms with Crippen LogP contribution in [0.1, 0.15) is 45.2 Å². The first-order valence-corrected chi connectivity index (χ1v) is 10.5. The molecule has 0 aliphatic carbocycles. The molecule has 2 aromatic carbocycles. The number of benzene rings is 2. The lowest BCUT2D eigenvalue weighted by molar-refractivity contribution is 0.400. The molecule has 0 amide bonds. The van der Waals surface area contributed by atoms with Crippen molar-refractivity contribution in [1.29, 1.82) is 0 Å². The quantitative estimate of drug-likeness (QED) is 0.155. The van der Waals surface area contributed by atoms with Crippen LogP contribution in [0.2, 0.25) is 0 Å². The van der Waals surface area contributed by atoms with E-state index in [2.05, 4.69) is 12.7 Å². The molecule has 0 aliphatic heterocycles. The van der Waals surface area contributed by atoms with E-state index in [-0.39, 0.29) is 45.2 Å². The smallest absolute Gasteiger partial charge is 0.204 e. The van der Waals surface area contributed by atoms with E-state index >= 15 is 0 Å². The molecular weight excluding hydrogens is 420 g/mol. The largest absolute Gasteiger partial charge is 0.507 e. The molecule has 3 aromatic rings. The molecule has 0 radical (unpaired) electrons. The molecule has 172 valence electrons. The monoisotopic (exact) mass is 448 g/mol. The minimum absolute atomic E-state index is 0.0391. The van der Waals surface area contributed by atoms with Crippen LogP contribution in [0, 0.1) is 0 Å². The van der Waals surface area contributed by atoms with Gasteiger partial charge in [0, 0.05) is 17.7 Å². The van der Waals surface area contributed by atoms with Crippen LogP contribution in [0.4, 0.5) is 0 Å². The Hall–Kier alpha value is -3.93. The van der Waals surface area contributed by atoms with Crippen molar-refractivity contribution in [1.82, 2.24) is 0 Å². The fourth-order valence-corrected chi connectivity index (χ4v) is 3.52. The van der Waals surface area contributed by atoms with Crippen LogP contribution in [0.3, 0.4) is 0 Å². The summed E-state index contributed by atoms with van der Waals surface area (Å²) in [6.07, 6.45) is 7.89. The summed E-state index contributed by atoms with van der Waals surface area (Å²) in [5, 5.41) is 41.8. The molecule has 6 heteroatoms. The summed E-state index contributed by atoms with van der Waals surface area (Å²) < 4.78 is 5.77. The van der Waals surface area contributed by atoms with E-state index in [0.29, 0.717) is 5.57 Å². The highest BCUT2D eigenvalue weighted by atomic mass is 16.3. The highest BCUT2D eigenvalue weighted by molar-refractivity contribution is 5.99. The summed E-state index contributed by atoms with van der Waals surface area (Å²) in [6.45, 7) is 11.4. The van der Waals surface area contributed by atoms with Crippen molar-refractivity contribution >= 4 is 28.0 Å². The Morgan fingerprint density at radius 1 is 0.939 bits per heavy atom. The Morgan fingerprint density at radius 3 is 2.21 bits per heavy atom. The van der Waals surface area contributed by atoms with E-state index in [1.165, 1.54) is 17.7 Å². The number of hydrogen-bond donors (Lipinski definition) is 4. The van der Waals surface area contributed by atoms with Crippen LogP contribution in [0.15, 0.2) is 62.9 Å². The second-order valence-corrected chi connectivity index (χ2v) is 8.48. The molecule has 0 aliphatic rings. The van der Waals surface area contributed by atoms with E-state index in [9.17, 15) is 25.2 Å². The maximum atomic E-state index is 13.5. The van der Waals surface area contributed by atoms with Crippen molar-refractivity contribution in [2.75, 3.05) is 0 Å². The maximum absolute atomic E-state index is 13.5. The van der Waals surface area contributed by atoms with E-state index < -0.39 is 22.7 Å². The first kappa shape index (κ1) is 23.7. The predicted molar refractivity (Wildman–Crippen MR) is 132 cm³/mol. The van der Waals surface area contributed by atoms with Crippen molar-refractivity contribution in [2.24, 2.45) is 0 Å². The van der Waals surface area contributed by atoms with Crippen LogP contribution >= 0.6 is 0 Å². The maximum Gasteiger partial charge on any atom is 0.204 e. The van der Waals surface area contributed by atoms with Crippen LogP contribution < -0.4 is 5.43 Å². The Labute approximate surface area is 191 Å². The van der Waals surface area contributed by atoms with Crippen LogP contribution in [-0.4, -0.2) is 20.4 Å². The summed E-state index contributed by atoms with van der Waals surface area (Å²) in [5.41, 5.74) is 2.57. The molecule has 0 unspecified atom stereocenters. The Bertz CT molecular complexity index is 1410. The SMILES string of the molecule is C=C(C)/C=C/c1c(O)cc2oc3cc(O)c(O)c(C/C=C(\C)CC=C(C)C)c3c(=O)c2c1O. The minimum Gasteiger partial charge on any atom is -0.507 e. The van der Waals surface area contributed by atoms with Gasteiger partial charge in [-0.15, -0.1) is 0 Å². The number of aromatic hydroxyl groups is 4. The number of fused-ring (bicyclic) bond motifs is 2. The van der Waals surface area contributed by atoms with E-state index in [1.807, 2.05) is 26.8 Å². The Kier molecular flexibility index (Phi) is 6.68. The van der Waals surface area contributed by atoms with Gasteiger partial charge in [-0.3, -0.25) is 4.79 Å². The molecule has 0 saturated heterocycles. The van der Waals surface area contributed by atoms with E-state index in [1.54, 1.807) is 13.0 Å². The topological polar surface area (TPSA) is 111 Å². The third-order valence-corrected chi connectivity index (χ3v) is 5.32. The zero-order valence-electron chi connectivity index (χ0n) is 19.2. The molecule has 1 heterocycles. The number of allylic oxidation sites excluding steroid dienone is 6. The zero-order chi connectivity index (χ0) is 24.4. The zero-order valence-corrected chi connectivity index (χ0v) is 19.2. The van der Waals surface area contributed by atoms with Crippen molar-refractivity contribution in [3.8, 4) is 23.0 Å². The summed E-state index contributed by atoms with van der Waals surface area (Å²) in [5.74, 6) is -1.56. The first-order valence-electron chi connectivity index (χ1n) is 10.5. The number of rotatable bonds is 6. The Balaban J connectivity index is 2.31. The van der Waals surface area contributed by atoms with Gasteiger partial charge in [-0.25, -0.2) is 0 Å². The summed E-state index contributed by atoms with van der Waals surface area (Å²) >= 11 is 0. The molecule has 4 N–H and O–H groups in total. The summed E-state index contributed by atoms with van der Waals surface area (Å²) in [4.78, 5) is 13.5. The van der Waals surface area contributed by atoms with Gasteiger partial charge in [0.1, 0.15) is 28.1 Å². The Morgan fingerprint density at radius 2 is 1.58 bits per heavy atom. The van der Waals surface area contributed by atoms with Gasteiger partial charge in [0.05, 0.1) is 10.9 Å². The second kappa shape index (κ2) is 9.28. The van der Waals surface area contributed by atoms with Gasteiger partial charge in [-0.2, -0.15) is 0 Å². The molecule has 0 spiro atoms. The highest BCUT2D eigenvalue weighted by Crippen LogP contribution is 2.40. The van der Waals surface area contributed by atoms with Gasteiger partial charge < -0.3 is 24.8 Å². The lowest BCUT2D eigenvalue weighted by atomic mass is 9.99. The van der Waals surface area contributed by atoms with E-state index in [0.717, 1.165) is 18.1 Å². The molecule has 0 bridgehead atoms. The van der Waals surface area contributed by atoms with Gasteiger partial charge >= 0.3 is 0 Å². The minimum atomic E-state index is -0.575. The molecule has 0 atom stereocenters. The van der Waals surface area contributed by atoms with Crippen molar-refractivity contribution in [3.05, 3.63) is 75.0 Å². The molecule has 0 fully saturated rings. The highest BCUT2D eigenvalue weighted by Gasteiger charge is 2.22. The molecule has 1 aromatic heterocycles. The van der Waals surface area contributed by atoms with Gasteiger partial charge in [-0.05, 0) is 46.6 Å². The van der Waals surface area contributed by atoms with Gasteiger partial charge in [0.2, 0.25) is 5.43 Å². The average molecular weight is 449 g/mol. The summed E-state index contributed by atoms with van der Waals surface area (Å²) in [6, 6.07) is 2.39. The van der Waals surface area contributed by atoms with Gasteiger partial charge in [0.25, 0.3) is 0 Å². The van der Waals surface area contributed by atoms with Crippen molar-refractivity contribution in [2.45, 2.75) is 40.5 Å². The first-order chi connectivity index (χ1) is 15.5. The van der Waals surface area contributed by atoms with E-state index in [4.69, 9.17) is 4.42 Å². The van der Waals surface area contributed by atoms with Crippen LogP contribution in [-0.2, 0) is 6.42 Å². The third kappa shape index (κ3) is 4.80. The average Bonchev–Trinajstić information content (AvgIpc) is 2.72. The number of hydrogen-bond acceptors (Lipinski definition) is 6. The fourth-order valence-electron chi connectivity index (χ4n) is 3.52. The normalized spacial score (nSPS) is 12.1. The molecule has 0 saturated carbocycles. The third-order valence-electron chi connectivity index (χ3n) is 5.32.